The number of hydrogen-bond donors (Lipinski definition) is 1. The number of nitrogens with zero attached hydrogens (tertiary/aromatic N) is 5. The molecule has 0 spiro atoms. The smallest absolute Gasteiger partial charge is 0.434 e. The first-order valence-corrected chi connectivity index (χ1v) is 9.98. The Bertz CT molecular complexity index is 1070. The Morgan fingerprint density at radius 2 is 1.97 bits per heavy atom. The number of nitrogens with one attached hydrogen (secondary N) is 1. The number of para-hydroxylation sites is 1. The van der Waals surface area contributed by atoms with E-state index in [4.69, 9.17) is 4.74 Å². The lowest BCUT2D eigenvalue weighted by molar-refractivity contribution is -0.143. The van der Waals surface area contributed by atoms with Gasteiger partial charge in [-0.25, -0.2) is 4.68 Å². The summed E-state index contributed by atoms with van der Waals surface area (Å²) < 4.78 is 46.8. The van der Waals surface area contributed by atoms with Crippen molar-refractivity contribution in [3.05, 3.63) is 59.9 Å². The van der Waals surface area contributed by atoms with Crippen molar-refractivity contribution in [2.75, 3.05) is 31.6 Å². The summed E-state index contributed by atoms with van der Waals surface area (Å²) in [6.45, 7) is 1.82. The Labute approximate surface area is 182 Å². The van der Waals surface area contributed by atoms with Gasteiger partial charge in [0.2, 0.25) is 5.88 Å². The monoisotopic (exact) mass is 446 g/mol. The van der Waals surface area contributed by atoms with Gasteiger partial charge in [0.15, 0.2) is 11.5 Å². The highest BCUT2D eigenvalue weighted by Crippen LogP contribution is 2.33. The average Bonchev–Trinajstić information content (AvgIpc) is 3.46. The summed E-state index contributed by atoms with van der Waals surface area (Å²) in [6, 6.07) is 12.5. The fraction of sp³-hybridized carbons (Fsp3) is 0.333. The minimum atomic E-state index is -4.82. The minimum Gasteiger partial charge on any atom is -0.480 e. The fourth-order valence-corrected chi connectivity index (χ4v) is 3.70. The highest BCUT2D eigenvalue weighted by molar-refractivity contribution is 5.95. The zero-order valence-corrected chi connectivity index (χ0v) is 17.2. The van der Waals surface area contributed by atoms with Crippen LogP contribution in [0.1, 0.15) is 22.5 Å². The number of ether oxygens (including phenoxy) is 1. The second-order valence-corrected chi connectivity index (χ2v) is 7.40. The van der Waals surface area contributed by atoms with E-state index in [1.54, 1.807) is 0 Å². The van der Waals surface area contributed by atoms with E-state index in [1.807, 2.05) is 30.3 Å². The van der Waals surface area contributed by atoms with Gasteiger partial charge in [-0.3, -0.25) is 4.79 Å². The van der Waals surface area contributed by atoms with Crippen molar-refractivity contribution in [3.63, 3.8) is 0 Å². The van der Waals surface area contributed by atoms with Gasteiger partial charge in [-0.05, 0) is 30.5 Å². The van der Waals surface area contributed by atoms with Crippen LogP contribution < -0.4 is 15.0 Å². The van der Waals surface area contributed by atoms with Crippen molar-refractivity contribution in [1.82, 2.24) is 25.3 Å². The molecule has 3 heterocycles. The van der Waals surface area contributed by atoms with Gasteiger partial charge < -0.3 is 15.0 Å². The fourth-order valence-electron chi connectivity index (χ4n) is 3.70. The molecule has 8 nitrogen and oxygen atoms in total. The molecule has 0 radical (unpaired) electrons. The number of carbonyl (C=O) groups excluding carboxylic acids is 1. The summed E-state index contributed by atoms with van der Waals surface area (Å²) in [4.78, 5) is 14.8. The van der Waals surface area contributed by atoms with Crippen molar-refractivity contribution < 1.29 is 22.7 Å². The maximum atomic E-state index is 13.8. The predicted octanol–water partition coefficient (Wildman–Crippen LogP) is 2.95. The van der Waals surface area contributed by atoms with Crippen molar-refractivity contribution in [2.45, 2.75) is 12.6 Å². The number of methoxy groups -OCH3 is 1. The van der Waals surface area contributed by atoms with Crippen LogP contribution in [0.15, 0.2) is 48.7 Å². The third-order valence-electron chi connectivity index (χ3n) is 5.29. The van der Waals surface area contributed by atoms with E-state index in [1.165, 1.54) is 19.2 Å². The number of aromatic nitrogens is 4. The lowest BCUT2D eigenvalue weighted by Gasteiger charge is -2.18. The number of halogens is 3. The summed E-state index contributed by atoms with van der Waals surface area (Å²) in [5.41, 5.74) is -0.678. The van der Waals surface area contributed by atoms with Crippen LogP contribution in [0.5, 0.6) is 5.88 Å². The first-order valence-electron chi connectivity index (χ1n) is 9.98. The van der Waals surface area contributed by atoms with Crippen LogP contribution in [0.2, 0.25) is 0 Å². The van der Waals surface area contributed by atoms with E-state index in [0.717, 1.165) is 31.4 Å². The van der Waals surface area contributed by atoms with E-state index >= 15 is 0 Å². The lowest BCUT2D eigenvalue weighted by Crippen LogP contribution is -2.32. The Balaban J connectivity index is 1.47. The van der Waals surface area contributed by atoms with Crippen LogP contribution in [0.3, 0.4) is 0 Å². The van der Waals surface area contributed by atoms with Gasteiger partial charge in [-0.2, -0.15) is 18.3 Å². The van der Waals surface area contributed by atoms with Crippen molar-refractivity contribution in [1.29, 1.82) is 0 Å². The second kappa shape index (κ2) is 8.85. The molecule has 32 heavy (non-hydrogen) atoms. The number of amides is 1. The van der Waals surface area contributed by atoms with Gasteiger partial charge in [0.05, 0.1) is 18.9 Å². The molecular formula is C21H21F3N6O2. The molecule has 4 rings (SSSR count). The molecule has 11 heteroatoms. The minimum absolute atomic E-state index is 0.135. The van der Waals surface area contributed by atoms with Crippen LogP contribution in [0.4, 0.5) is 18.9 Å². The Kier molecular flexibility index (Phi) is 5.97. The second-order valence-electron chi connectivity index (χ2n) is 7.40. The van der Waals surface area contributed by atoms with Gasteiger partial charge in [0, 0.05) is 31.4 Å². The van der Waals surface area contributed by atoms with Crippen molar-refractivity contribution in [2.24, 2.45) is 5.92 Å². The number of rotatable bonds is 6. The molecule has 3 aromatic rings. The molecule has 1 amide bonds. The summed E-state index contributed by atoms with van der Waals surface area (Å²) in [6.07, 6.45) is -3.08. The molecule has 1 aliphatic heterocycles. The molecule has 168 valence electrons. The third kappa shape index (κ3) is 4.51. The average molecular weight is 446 g/mol. The number of alkyl halides is 3. The quantitative estimate of drug-likeness (QED) is 0.627. The summed E-state index contributed by atoms with van der Waals surface area (Å²) >= 11 is 0. The predicted molar refractivity (Wildman–Crippen MR) is 110 cm³/mol. The van der Waals surface area contributed by atoms with Crippen LogP contribution in [0, 0.1) is 5.92 Å². The molecule has 1 saturated heterocycles. The van der Waals surface area contributed by atoms with E-state index in [-0.39, 0.29) is 24.2 Å². The number of benzene rings is 1. The molecule has 2 aromatic heterocycles. The summed E-state index contributed by atoms with van der Waals surface area (Å²) in [7, 11) is 1.37. The van der Waals surface area contributed by atoms with Crippen LogP contribution in [0.25, 0.3) is 5.82 Å². The van der Waals surface area contributed by atoms with Gasteiger partial charge in [0.1, 0.15) is 0 Å². The highest BCUT2D eigenvalue weighted by atomic mass is 19.4. The summed E-state index contributed by atoms with van der Waals surface area (Å²) in [5.74, 6) is -0.723. The number of anilines is 1. The van der Waals surface area contributed by atoms with E-state index < -0.39 is 23.3 Å². The number of carbonyl (C=O) groups is 1. The van der Waals surface area contributed by atoms with Gasteiger partial charge in [-0.1, -0.05) is 18.2 Å². The molecule has 1 atom stereocenters. The first kappa shape index (κ1) is 21.6. The highest BCUT2D eigenvalue weighted by Gasteiger charge is 2.41. The third-order valence-corrected chi connectivity index (χ3v) is 5.29. The maximum Gasteiger partial charge on any atom is 0.434 e. The molecule has 1 fully saturated rings. The Hall–Kier alpha value is -3.63. The molecule has 0 bridgehead atoms. The lowest BCUT2D eigenvalue weighted by atomic mass is 10.1. The zero-order chi connectivity index (χ0) is 22.7. The van der Waals surface area contributed by atoms with Crippen LogP contribution in [-0.2, 0) is 6.18 Å². The number of hydrogen-bond acceptors (Lipinski definition) is 6. The topological polar surface area (TPSA) is 85.2 Å². The van der Waals surface area contributed by atoms with Crippen LogP contribution in [-0.4, -0.2) is 52.6 Å². The van der Waals surface area contributed by atoms with Gasteiger partial charge in [0.25, 0.3) is 5.91 Å². The van der Waals surface area contributed by atoms with Crippen molar-refractivity contribution in [3.8, 4) is 11.7 Å². The largest absolute Gasteiger partial charge is 0.480 e. The zero-order valence-electron chi connectivity index (χ0n) is 17.2. The molecular weight excluding hydrogens is 425 g/mol. The SMILES string of the molecule is COc1ccc(-n2ncc(C(=O)NC[C@@H]3CCN(c4ccccc4)C3)c2C(F)(F)F)nn1. The molecule has 0 unspecified atom stereocenters. The van der Waals surface area contributed by atoms with Gasteiger partial charge in [-0.15, -0.1) is 10.2 Å². The van der Waals surface area contributed by atoms with E-state index in [0.29, 0.717) is 4.68 Å². The Morgan fingerprint density at radius 3 is 2.62 bits per heavy atom. The van der Waals surface area contributed by atoms with Gasteiger partial charge >= 0.3 is 6.18 Å². The summed E-state index contributed by atoms with van der Waals surface area (Å²) in [5, 5.41) is 13.7. The molecule has 1 N–H and O–H groups in total. The molecule has 1 aromatic carbocycles. The normalized spacial score (nSPS) is 16.2. The maximum absolute atomic E-state index is 13.8. The van der Waals surface area contributed by atoms with E-state index in [2.05, 4.69) is 25.5 Å². The van der Waals surface area contributed by atoms with Crippen molar-refractivity contribution >= 4 is 11.6 Å². The molecule has 0 saturated carbocycles. The van der Waals surface area contributed by atoms with Crippen LogP contribution >= 0.6 is 0 Å². The standard InChI is InChI=1S/C21H21F3N6O2/c1-32-18-8-7-17(27-28-18)30-19(21(22,23)24)16(12-26-30)20(31)25-11-14-9-10-29(13-14)15-5-3-2-4-6-15/h2-8,12,14H,9-11,13H2,1H3,(H,25,31)/t14-/m0/s1. The first-order chi connectivity index (χ1) is 15.4. The molecule has 0 aliphatic carbocycles. The van der Waals surface area contributed by atoms with E-state index in [9.17, 15) is 18.0 Å². The molecule has 1 aliphatic rings. The Morgan fingerprint density at radius 1 is 1.19 bits per heavy atom.